The van der Waals surface area contributed by atoms with E-state index in [-0.39, 0.29) is 33.0 Å². The molecule has 0 aromatic heterocycles. The van der Waals surface area contributed by atoms with Gasteiger partial charge < -0.3 is 52.5 Å². The molecule has 2 heterocycles. The molecule has 11 nitrogen and oxygen atoms in total. The number of ether oxygens (including phenoxy) is 10. The van der Waals surface area contributed by atoms with E-state index < -0.39 is 61.4 Å². The lowest BCUT2D eigenvalue weighted by atomic mass is 9.97. The van der Waals surface area contributed by atoms with Crippen LogP contribution in [0.5, 0.6) is 0 Å². The highest BCUT2D eigenvalue weighted by Crippen LogP contribution is 2.32. The van der Waals surface area contributed by atoms with Gasteiger partial charge in [0.05, 0.1) is 33.0 Å². The van der Waals surface area contributed by atoms with Crippen molar-refractivity contribution in [3.8, 4) is 0 Å². The third-order valence-electron chi connectivity index (χ3n) is 8.63. The van der Waals surface area contributed by atoms with Crippen molar-refractivity contribution in [2.24, 2.45) is 0 Å². The summed E-state index contributed by atoms with van der Waals surface area (Å²) in [4.78, 5) is 0. The predicted octanol–water partition coefficient (Wildman–Crippen LogP) is 3.89. The maximum atomic E-state index is 11.4. The normalized spacial score (nSPS) is 30.7. The first-order valence-electron chi connectivity index (χ1n) is 16.2. The lowest BCUT2D eigenvalue weighted by Crippen LogP contribution is -2.63. The number of methoxy groups -OCH3 is 4. The van der Waals surface area contributed by atoms with Gasteiger partial charge in [0.15, 0.2) is 12.6 Å². The van der Waals surface area contributed by atoms with E-state index in [1.54, 1.807) is 28.4 Å². The fraction of sp³-hybridized carbons (Fsp3) is 0.514. The lowest BCUT2D eigenvalue weighted by molar-refractivity contribution is -0.342. The SMILES string of the molecule is COC[C@H]1O[C@H](OC[C@H]2O[C@H](O)[C@H](OCc3ccccc3)[C@@H](OCc3ccccc3)[C@@H]2OCc2ccccc2)[C@H](OC)[C@@H](OC)[C@@H]1OC. The van der Waals surface area contributed by atoms with Crippen molar-refractivity contribution in [1.82, 2.24) is 0 Å². The third-order valence-corrected chi connectivity index (χ3v) is 8.63. The highest BCUT2D eigenvalue weighted by atomic mass is 16.7. The topological polar surface area (TPSA) is 113 Å². The molecule has 2 saturated heterocycles. The van der Waals surface area contributed by atoms with Crippen molar-refractivity contribution in [2.75, 3.05) is 41.7 Å². The maximum absolute atomic E-state index is 11.4. The summed E-state index contributed by atoms with van der Waals surface area (Å²) >= 11 is 0. The molecular weight excluding hydrogens is 620 g/mol. The van der Waals surface area contributed by atoms with Gasteiger partial charge >= 0.3 is 0 Å². The minimum atomic E-state index is -1.34. The zero-order valence-corrected chi connectivity index (χ0v) is 28.0. The average molecular weight is 669 g/mol. The second-order valence-electron chi connectivity index (χ2n) is 11.8. The van der Waals surface area contributed by atoms with Crippen LogP contribution in [0.25, 0.3) is 0 Å². The zero-order chi connectivity index (χ0) is 33.7. The highest BCUT2D eigenvalue weighted by Gasteiger charge is 2.51. The van der Waals surface area contributed by atoms with Crippen molar-refractivity contribution < 1.29 is 52.5 Å². The van der Waals surface area contributed by atoms with E-state index in [4.69, 9.17) is 47.4 Å². The number of benzene rings is 3. The number of rotatable bonds is 17. The van der Waals surface area contributed by atoms with Gasteiger partial charge in [-0.1, -0.05) is 91.0 Å². The molecule has 2 aliphatic rings. The van der Waals surface area contributed by atoms with E-state index in [1.807, 2.05) is 91.0 Å². The lowest BCUT2D eigenvalue weighted by Gasteiger charge is -2.46. The Morgan fingerprint density at radius 3 is 1.42 bits per heavy atom. The minimum Gasteiger partial charge on any atom is -0.382 e. The third kappa shape index (κ3) is 9.46. The fourth-order valence-corrected chi connectivity index (χ4v) is 6.20. The van der Waals surface area contributed by atoms with E-state index in [2.05, 4.69) is 0 Å². The molecule has 1 N–H and O–H groups in total. The number of hydrogen-bond donors (Lipinski definition) is 1. The molecule has 0 saturated carbocycles. The Hall–Kier alpha value is -2.78. The quantitative estimate of drug-likeness (QED) is 0.226. The summed E-state index contributed by atoms with van der Waals surface area (Å²) in [6.45, 7) is 1.02. The minimum absolute atomic E-state index is 0.0224. The van der Waals surface area contributed by atoms with Crippen LogP contribution >= 0.6 is 0 Å². The number of aliphatic hydroxyl groups is 1. The molecule has 48 heavy (non-hydrogen) atoms. The molecule has 10 atom stereocenters. The van der Waals surface area contributed by atoms with Crippen molar-refractivity contribution in [3.63, 3.8) is 0 Å². The Balaban J connectivity index is 1.40. The van der Waals surface area contributed by atoms with Gasteiger partial charge in [0.1, 0.15) is 48.8 Å². The van der Waals surface area contributed by atoms with Crippen LogP contribution in [0.3, 0.4) is 0 Å². The Morgan fingerprint density at radius 2 is 0.938 bits per heavy atom. The van der Waals surface area contributed by atoms with Crippen LogP contribution in [-0.4, -0.2) is 108 Å². The van der Waals surface area contributed by atoms with Gasteiger partial charge in [0.25, 0.3) is 0 Å². The molecule has 262 valence electrons. The second kappa shape index (κ2) is 18.8. The van der Waals surface area contributed by atoms with Crippen LogP contribution < -0.4 is 0 Å². The van der Waals surface area contributed by atoms with Crippen LogP contribution in [0.4, 0.5) is 0 Å². The van der Waals surface area contributed by atoms with E-state index in [0.29, 0.717) is 0 Å². The van der Waals surface area contributed by atoms with E-state index in [9.17, 15) is 5.11 Å². The molecule has 3 aromatic carbocycles. The molecule has 0 spiro atoms. The van der Waals surface area contributed by atoms with Gasteiger partial charge in [-0.25, -0.2) is 0 Å². The summed E-state index contributed by atoms with van der Waals surface area (Å²) in [6, 6.07) is 29.4. The number of aliphatic hydroxyl groups excluding tert-OH is 1. The molecule has 0 radical (unpaired) electrons. The average Bonchev–Trinajstić information content (AvgIpc) is 3.13. The van der Waals surface area contributed by atoms with Crippen molar-refractivity contribution in [2.45, 2.75) is 81.2 Å². The van der Waals surface area contributed by atoms with Crippen LogP contribution in [0, 0.1) is 0 Å². The van der Waals surface area contributed by atoms with E-state index in [1.165, 1.54) is 0 Å². The van der Waals surface area contributed by atoms with E-state index >= 15 is 0 Å². The first kappa shape index (κ1) is 36.5. The van der Waals surface area contributed by atoms with Gasteiger partial charge in [-0.2, -0.15) is 0 Å². The highest BCUT2D eigenvalue weighted by molar-refractivity contribution is 5.15. The molecule has 0 amide bonds. The van der Waals surface area contributed by atoms with Crippen LogP contribution in [0.1, 0.15) is 16.7 Å². The number of hydrogen-bond acceptors (Lipinski definition) is 11. The smallest absolute Gasteiger partial charge is 0.187 e. The Labute approximate surface area is 282 Å². The summed E-state index contributed by atoms with van der Waals surface area (Å²) in [5.41, 5.74) is 2.89. The first-order chi connectivity index (χ1) is 23.6. The summed E-state index contributed by atoms with van der Waals surface area (Å²) in [6.07, 6.45) is -7.34. The fourth-order valence-electron chi connectivity index (χ4n) is 6.20. The molecular formula is C37H48O11. The summed E-state index contributed by atoms with van der Waals surface area (Å²) in [7, 11) is 6.34. The maximum Gasteiger partial charge on any atom is 0.187 e. The van der Waals surface area contributed by atoms with Crippen LogP contribution in [-0.2, 0) is 67.2 Å². The van der Waals surface area contributed by atoms with Gasteiger partial charge in [0.2, 0.25) is 0 Å². The van der Waals surface area contributed by atoms with Crippen LogP contribution in [0.2, 0.25) is 0 Å². The van der Waals surface area contributed by atoms with Gasteiger partial charge in [0, 0.05) is 28.4 Å². The molecule has 3 aromatic rings. The van der Waals surface area contributed by atoms with E-state index in [0.717, 1.165) is 16.7 Å². The molecule has 0 aliphatic carbocycles. The summed E-state index contributed by atoms with van der Waals surface area (Å²) in [5.74, 6) is 0. The second-order valence-corrected chi connectivity index (χ2v) is 11.8. The van der Waals surface area contributed by atoms with Crippen LogP contribution in [0.15, 0.2) is 91.0 Å². The van der Waals surface area contributed by atoms with Crippen molar-refractivity contribution >= 4 is 0 Å². The summed E-state index contributed by atoms with van der Waals surface area (Å²) < 4.78 is 61.1. The molecule has 11 heteroatoms. The van der Waals surface area contributed by atoms with Crippen molar-refractivity contribution in [3.05, 3.63) is 108 Å². The molecule has 0 bridgehead atoms. The predicted molar refractivity (Wildman–Crippen MR) is 175 cm³/mol. The Bertz CT molecular complexity index is 1300. The molecule has 2 fully saturated rings. The summed E-state index contributed by atoms with van der Waals surface area (Å²) in [5, 5.41) is 11.4. The molecule has 2 aliphatic heterocycles. The van der Waals surface area contributed by atoms with Gasteiger partial charge in [-0.3, -0.25) is 0 Å². The largest absolute Gasteiger partial charge is 0.382 e. The zero-order valence-electron chi connectivity index (χ0n) is 28.0. The monoisotopic (exact) mass is 668 g/mol. The standard InChI is InChI=1S/C37H48O11/c1-39-23-28-30(40-2)32(41-3)35(42-4)37(48-28)46-24-29-31(43-20-25-14-8-5-9-15-25)33(44-21-26-16-10-6-11-17-26)34(36(38)47-29)45-22-27-18-12-7-13-19-27/h5-19,28-38H,20-24H2,1-4H3/t28-,29-,30-,31-,32+,33+,34-,35-,36+,37+/m1/s1. The first-order valence-corrected chi connectivity index (χ1v) is 16.2. The molecule has 5 rings (SSSR count). The van der Waals surface area contributed by atoms with Gasteiger partial charge in [-0.05, 0) is 16.7 Å². The van der Waals surface area contributed by atoms with Crippen molar-refractivity contribution in [1.29, 1.82) is 0 Å². The Morgan fingerprint density at radius 1 is 0.479 bits per heavy atom. The van der Waals surface area contributed by atoms with Gasteiger partial charge in [-0.15, -0.1) is 0 Å². The molecule has 0 unspecified atom stereocenters. The Kier molecular flexibility index (Phi) is 14.3.